The van der Waals surface area contributed by atoms with Crippen molar-refractivity contribution in [1.82, 2.24) is 14.4 Å². The fourth-order valence-electron chi connectivity index (χ4n) is 6.16. The van der Waals surface area contributed by atoms with E-state index in [0.717, 1.165) is 38.8 Å². The predicted molar refractivity (Wildman–Crippen MR) is 177 cm³/mol. The van der Waals surface area contributed by atoms with Gasteiger partial charge in [0.05, 0.1) is 5.69 Å². The zero-order valence-corrected chi connectivity index (χ0v) is 23.3. The summed E-state index contributed by atoms with van der Waals surface area (Å²) in [5.74, 6) is 0. The molecule has 0 saturated carbocycles. The summed E-state index contributed by atoms with van der Waals surface area (Å²) in [5.41, 5.74) is 9.63. The molecule has 0 fully saturated rings. The van der Waals surface area contributed by atoms with Gasteiger partial charge in [-0.15, -0.1) is 11.3 Å². The van der Waals surface area contributed by atoms with Crippen LogP contribution >= 0.6 is 11.3 Å². The molecule has 196 valence electrons. The van der Waals surface area contributed by atoms with Crippen LogP contribution in [0.5, 0.6) is 0 Å². The number of benzene rings is 5. The zero-order chi connectivity index (χ0) is 27.6. The van der Waals surface area contributed by atoms with E-state index in [1.165, 1.54) is 42.4 Å². The fraction of sp³-hybridized carbons (Fsp3) is 0. The normalized spacial score (nSPS) is 11.8. The average molecular weight is 554 g/mol. The molecule has 0 saturated heterocycles. The third-order valence-corrected chi connectivity index (χ3v) is 9.38. The highest BCUT2D eigenvalue weighted by atomic mass is 32.1. The summed E-state index contributed by atoms with van der Waals surface area (Å²) in [7, 11) is 0. The summed E-state index contributed by atoms with van der Waals surface area (Å²) in [5, 5.41) is 4.88. The number of nitrogens with zero attached hydrogens (tertiary/aromatic N) is 3. The number of fused-ring (bicyclic) bond motifs is 8. The Bertz CT molecular complexity index is 2470. The molecule has 0 aliphatic rings. The summed E-state index contributed by atoms with van der Waals surface area (Å²) in [6.45, 7) is 0. The van der Waals surface area contributed by atoms with Crippen molar-refractivity contribution < 1.29 is 0 Å². The van der Waals surface area contributed by atoms with Crippen LogP contribution in [0.2, 0.25) is 0 Å². The van der Waals surface area contributed by atoms with Crippen LogP contribution in [0.1, 0.15) is 0 Å². The molecule has 9 aromatic rings. The van der Waals surface area contributed by atoms with Crippen LogP contribution in [-0.2, 0) is 0 Å². The van der Waals surface area contributed by atoms with Gasteiger partial charge in [-0.05, 0) is 58.7 Å². The smallest absolute Gasteiger partial charge is 0.165 e. The molecule has 0 unspecified atom stereocenters. The first kappa shape index (κ1) is 23.4. The third kappa shape index (κ3) is 3.59. The first-order valence-electron chi connectivity index (χ1n) is 14.1. The fourth-order valence-corrected chi connectivity index (χ4v) is 7.24. The van der Waals surface area contributed by atoms with Crippen molar-refractivity contribution in [3.05, 3.63) is 140 Å². The maximum Gasteiger partial charge on any atom is 0.165 e. The van der Waals surface area contributed by atoms with Crippen molar-refractivity contribution in [1.29, 1.82) is 0 Å². The van der Waals surface area contributed by atoms with Gasteiger partial charge < -0.3 is 0 Å². The highest BCUT2D eigenvalue weighted by Gasteiger charge is 2.15. The zero-order valence-electron chi connectivity index (χ0n) is 22.5. The van der Waals surface area contributed by atoms with Crippen LogP contribution in [0.3, 0.4) is 0 Å². The van der Waals surface area contributed by atoms with Gasteiger partial charge in [-0.3, -0.25) is 4.40 Å². The largest absolute Gasteiger partial charge is 0.284 e. The number of rotatable bonds is 3. The molecule has 0 bridgehead atoms. The van der Waals surface area contributed by atoms with Gasteiger partial charge in [-0.2, -0.15) is 0 Å². The van der Waals surface area contributed by atoms with Crippen LogP contribution in [0, 0.1) is 0 Å². The molecule has 0 spiro atoms. The maximum absolute atomic E-state index is 5.16. The molecule has 0 radical (unpaired) electrons. The highest BCUT2D eigenvalue weighted by molar-refractivity contribution is 7.25. The first-order chi connectivity index (χ1) is 20.8. The van der Waals surface area contributed by atoms with Crippen molar-refractivity contribution >= 4 is 59.1 Å². The minimum Gasteiger partial charge on any atom is -0.284 e. The molecule has 42 heavy (non-hydrogen) atoms. The Morgan fingerprint density at radius 3 is 2.00 bits per heavy atom. The van der Waals surface area contributed by atoms with E-state index in [1.807, 2.05) is 35.7 Å². The summed E-state index contributed by atoms with van der Waals surface area (Å²) in [6, 6.07) is 47.6. The molecule has 4 heterocycles. The van der Waals surface area contributed by atoms with Gasteiger partial charge in [0.2, 0.25) is 0 Å². The summed E-state index contributed by atoms with van der Waals surface area (Å²) in [6.07, 6.45) is 2.03. The predicted octanol–water partition coefficient (Wildman–Crippen LogP) is 10.4. The van der Waals surface area contributed by atoms with Crippen molar-refractivity contribution in [2.75, 3.05) is 0 Å². The number of pyridine rings is 2. The monoisotopic (exact) mass is 553 g/mol. The molecule has 3 nitrogen and oxygen atoms in total. The number of imidazole rings is 1. The van der Waals surface area contributed by atoms with Gasteiger partial charge in [0.1, 0.15) is 11.2 Å². The molecule has 0 N–H and O–H groups in total. The van der Waals surface area contributed by atoms with Crippen LogP contribution in [0.4, 0.5) is 0 Å². The Morgan fingerprint density at radius 2 is 1.12 bits per heavy atom. The third-order valence-electron chi connectivity index (χ3n) is 8.22. The molecule has 5 aromatic carbocycles. The van der Waals surface area contributed by atoms with Gasteiger partial charge >= 0.3 is 0 Å². The van der Waals surface area contributed by atoms with E-state index in [4.69, 9.17) is 9.97 Å². The molecule has 0 aliphatic carbocycles. The van der Waals surface area contributed by atoms with E-state index in [9.17, 15) is 0 Å². The second-order valence-corrected chi connectivity index (χ2v) is 11.8. The van der Waals surface area contributed by atoms with E-state index in [2.05, 4.69) is 120 Å². The SMILES string of the molecule is c1cc(-c2ccc(-c3nc4c(nc5ccccn54)c4ccccc34)cc2)cc(-c2ccc3sc4ccccc4c3c2)c1. The van der Waals surface area contributed by atoms with Crippen LogP contribution in [0.15, 0.2) is 140 Å². The molecule has 9 rings (SSSR count). The quantitative estimate of drug-likeness (QED) is 0.218. The van der Waals surface area contributed by atoms with Gasteiger partial charge in [-0.25, -0.2) is 9.97 Å². The first-order valence-corrected chi connectivity index (χ1v) is 14.9. The summed E-state index contributed by atoms with van der Waals surface area (Å²) in [4.78, 5) is 10.1. The molecule has 0 aliphatic heterocycles. The number of aromatic nitrogens is 3. The van der Waals surface area contributed by atoms with E-state index >= 15 is 0 Å². The summed E-state index contributed by atoms with van der Waals surface area (Å²) >= 11 is 1.86. The molecule has 4 heteroatoms. The van der Waals surface area contributed by atoms with E-state index in [-0.39, 0.29) is 0 Å². The lowest BCUT2D eigenvalue weighted by Crippen LogP contribution is -1.91. The Hall–Kier alpha value is -5.32. The molecular formula is C38H23N3S. The second kappa shape index (κ2) is 9.10. The Balaban J connectivity index is 1.13. The second-order valence-electron chi connectivity index (χ2n) is 10.7. The lowest BCUT2D eigenvalue weighted by atomic mass is 9.96. The van der Waals surface area contributed by atoms with E-state index in [1.54, 1.807) is 0 Å². The molecule has 0 amide bonds. The molecular weight excluding hydrogens is 531 g/mol. The van der Waals surface area contributed by atoms with Gasteiger partial charge in [0.15, 0.2) is 5.65 Å². The lowest BCUT2D eigenvalue weighted by Gasteiger charge is -2.10. The average Bonchev–Trinajstić information content (AvgIpc) is 3.63. The topological polar surface area (TPSA) is 30.2 Å². The van der Waals surface area contributed by atoms with Gasteiger partial charge in [0, 0.05) is 42.7 Å². The maximum atomic E-state index is 5.16. The van der Waals surface area contributed by atoms with Crippen LogP contribution in [0.25, 0.3) is 81.3 Å². The van der Waals surface area contributed by atoms with Crippen molar-refractivity contribution in [2.45, 2.75) is 0 Å². The lowest BCUT2D eigenvalue weighted by molar-refractivity contribution is 1.19. The number of hydrogen-bond acceptors (Lipinski definition) is 3. The Labute approximate surface area is 246 Å². The highest BCUT2D eigenvalue weighted by Crippen LogP contribution is 2.38. The van der Waals surface area contributed by atoms with E-state index < -0.39 is 0 Å². The Kier molecular flexibility index (Phi) is 5.07. The number of hydrogen-bond donors (Lipinski definition) is 0. The van der Waals surface area contributed by atoms with Crippen molar-refractivity contribution in [3.8, 4) is 33.5 Å². The van der Waals surface area contributed by atoms with Crippen LogP contribution < -0.4 is 0 Å². The standard InChI is InChI=1S/C38H23N3S/c1-2-12-31-30(11-1)36(40-38-37(31)39-35-14-5-6-21-41(35)38)25-17-15-24(16-18-25)26-8-7-9-27(22-26)28-19-20-34-32(23-28)29-10-3-4-13-33(29)42-34/h1-23H. The molecule has 4 aromatic heterocycles. The van der Waals surface area contributed by atoms with Gasteiger partial charge in [0.25, 0.3) is 0 Å². The van der Waals surface area contributed by atoms with Gasteiger partial charge in [-0.1, -0.05) is 97.1 Å². The van der Waals surface area contributed by atoms with Crippen molar-refractivity contribution in [3.63, 3.8) is 0 Å². The number of thiophene rings is 1. The minimum atomic E-state index is 0.881. The van der Waals surface area contributed by atoms with E-state index in [0.29, 0.717) is 0 Å². The van der Waals surface area contributed by atoms with Crippen LogP contribution in [-0.4, -0.2) is 14.4 Å². The minimum absolute atomic E-state index is 0.881. The molecule has 0 atom stereocenters. The Morgan fingerprint density at radius 1 is 0.452 bits per heavy atom. The summed E-state index contributed by atoms with van der Waals surface area (Å²) < 4.78 is 4.73. The van der Waals surface area contributed by atoms with Crippen molar-refractivity contribution in [2.24, 2.45) is 0 Å².